The van der Waals surface area contributed by atoms with Crippen LogP contribution < -0.4 is 5.56 Å². The Kier molecular flexibility index (Phi) is 4.49. The van der Waals surface area contributed by atoms with E-state index in [4.69, 9.17) is 17.0 Å². The highest BCUT2D eigenvalue weighted by Crippen LogP contribution is 2.07. The molecule has 5 heteroatoms. The second kappa shape index (κ2) is 5.66. The first-order chi connectivity index (χ1) is 7.19. The molecule has 1 rings (SSSR count). The van der Waals surface area contributed by atoms with Crippen LogP contribution in [0.25, 0.3) is 0 Å². The fourth-order valence-electron chi connectivity index (χ4n) is 1.40. The quantitative estimate of drug-likeness (QED) is 0.460. The molecule has 0 spiro atoms. The number of hydrogen-bond donors (Lipinski definition) is 2. The van der Waals surface area contributed by atoms with Gasteiger partial charge in [0.25, 0.3) is 5.56 Å². The predicted octanol–water partition coefficient (Wildman–Crippen LogP) is 2.15. The molecular formula is C10H14ClN3O. The van der Waals surface area contributed by atoms with E-state index in [2.05, 4.69) is 16.9 Å². The van der Waals surface area contributed by atoms with Gasteiger partial charge in [-0.2, -0.15) is 0 Å². The predicted molar refractivity (Wildman–Crippen MR) is 61.0 cm³/mol. The molecule has 0 saturated carbocycles. The lowest BCUT2D eigenvalue weighted by Crippen LogP contribution is -2.17. The average Bonchev–Trinajstić information content (AvgIpc) is 2.20. The Bertz CT molecular complexity index is 400. The van der Waals surface area contributed by atoms with E-state index in [0.29, 0.717) is 17.7 Å². The molecule has 2 N–H and O–H groups in total. The molecule has 0 unspecified atom stereocenters. The van der Waals surface area contributed by atoms with Crippen molar-refractivity contribution in [3.63, 3.8) is 0 Å². The molecule has 0 bridgehead atoms. The minimum absolute atomic E-state index is 0.0396. The summed E-state index contributed by atoms with van der Waals surface area (Å²) in [6, 6.07) is 0. The van der Waals surface area contributed by atoms with Crippen molar-refractivity contribution < 1.29 is 0 Å². The smallest absolute Gasteiger partial charge is 0.255 e. The highest BCUT2D eigenvalue weighted by Gasteiger charge is 2.08. The number of H-pyrrole nitrogens is 1. The average molecular weight is 228 g/mol. The number of aromatic amines is 1. The standard InChI is InChI=1S/C10H14ClN3O/c1-2-3-4-5-7-8(6-12)13-10(11)14-9(7)15/h6,12H,2-5H2,1H3,(H,13,14,15). The van der Waals surface area contributed by atoms with Crippen LogP contribution in [0.5, 0.6) is 0 Å². The summed E-state index contributed by atoms with van der Waals surface area (Å²) in [6.07, 6.45) is 4.82. The maximum absolute atomic E-state index is 11.5. The first kappa shape index (κ1) is 11.9. The zero-order chi connectivity index (χ0) is 11.3. The highest BCUT2D eigenvalue weighted by molar-refractivity contribution is 6.28. The van der Waals surface area contributed by atoms with Gasteiger partial charge >= 0.3 is 0 Å². The van der Waals surface area contributed by atoms with Crippen molar-refractivity contribution in [2.24, 2.45) is 0 Å². The summed E-state index contributed by atoms with van der Waals surface area (Å²) in [5.74, 6) is 0. The van der Waals surface area contributed by atoms with E-state index < -0.39 is 0 Å². The first-order valence-electron chi connectivity index (χ1n) is 4.98. The third kappa shape index (κ3) is 3.16. The minimum Gasteiger partial charge on any atom is -0.306 e. The van der Waals surface area contributed by atoms with Gasteiger partial charge in [0.05, 0.1) is 5.69 Å². The number of aromatic nitrogens is 2. The molecule has 1 heterocycles. The van der Waals surface area contributed by atoms with Gasteiger partial charge in [-0.1, -0.05) is 19.8 Å². The molecule has 0 aromatic carbocycles. The Hall–Kier alpha value is -1.16. The zero-order valence-electron chi connectivity index (χ0n) is 8.64. The second-order valence-electron chi connectivity index (χ2n) is 3.32. The molecule has 0 aliphatic heterocycles. The summed E-state index contributed by atoms with van der Waals surface area (Å²) >= 11 is 5.59. The maximum atomic E-state index is 11.5. The van der Waals surface area contributed by atoms with Gasteiger partial charge in [-0.15, -0.1) is 0 Å². The van der Waals surface area contributed by atoms with Crippen LogP contribution in [-0.4, -0.2) is 16.2 Å². The van der Waals surface area contributed by atoms with E-state index in [9.17, 15) is 4.79 Å². The molecule has 0 fully saturated rings. The summed E-state index contributed by atoms with van der Waals surface area (Å²) in [5, 5.41) is 7.20. The van der Waals surface area contributed by atoms with E-state index in [-0.39, 0.29) is 10.8 Å². The van der Waals surface area contributed by atoms with Gasteiger partial charge in [0.2, 0.25) is 5.28 Å². The summed E-state index contributed by atoms with van der Waals surface area (Å²) in [7, 11) is 0. The van der Waals surface area contributed by atoms with Gasteiger partial charge < -0.3 is 5.41 Å². The van der Waals surface area contributed by atoms with Crippen LogP contribution in [0.4, 0.5) is 0 Å². The lowest BCUT2D eigenvalue weighted by molar-refractivity contribution is 0.710. The molecule has 1 aromatic rings. The number of hydrogen-bond acceptors (Lipinski definition) is 3. The van der Waals surface area contributed by atoms with Gasteiger partial charge in [0.15, 0.2) is 0 Å². The second-order valence-corrected chi connectivity index (χ2v) is 3.68. The number of unbranched alkanes of at least 4 members (excludes halogenated alkanes) is 2. The Morgan fingerprint density at radius 1 is 1.53 bits per heavy atom. The summed E-state index contributed by atoms with van der Waals surface area (Å²) in [6.45, 7) is 2.10. The van der Waals surface area contributed by atoms with Crippen molar-refractivity contribution >= 4 is 17.8 Å². The van der Waals surface area contributed by atoms with Crippen LogP contribution in [0.2, 0.25) is 5.28 Å². The molecule has 0 saturated heterocycles. The molecular weight excluding hydrogens is 214 g/mol. The van der Waals surface area contributed by atoms with Crippen molar-refractivity contribution in [1.82, 2.24) is 9.97 Å². The molecule has 0 aliphatic carbocycles. The molecule has 0 amide bonds. The molecule has 0 atom stereocenters. The number of rotatable bonds is 5. The van der Waals surface area contributed by atoms with Gasteiger partial charge in [-0.05, 0) is 24.4 Å². The molecule has 0 radical (unpaired) electrons. The first-order valence-corrected chi connectivity index (χ1v) is 5.36. The largest absolute Gasteiger partial charge is 0.306 e. The third-order valence-electron chi connectivity index (χ3n) is 2.19. The van der Waals surface area contributed by atoms with Gasteiger partial charge in [0.1, 0.15) is 0 Å². The van der Waals surface area contributed by atoms with E-state index in [0.717, 1.165) is 25.5 Å². The highest BCUT2D eigenvalue weighted by atomic mass is 35.5. The Morgan fingerprint density at radius 2 is 2.27 bits per heavy atom. The fraction of sp³-hybridized carbons (Fsp3) is 0.500. The molecule has 15 heavy (non-hydrogen) atoms. The van der Waals surface area contributed by atoms with Gasteiger partial charge in [0, 0.05) is 11.8 Å². The summed E-state index contributed by atoms with van der Waals surface area (Å²) in [5.41, 5.74) is 0.701. The fourth-order valence-corrected chi connectivity index (χ4v) is 1.58. The van der Waals surface area contributed by atoms with Crippen LogP contribution in [-0.2, 0) is 6.42 Å². The van der Waals surface area contributed by atoms with E-state index >= 15 is 0 Å². The normalized spacial score (nSPS) is 10.3. The zero-order valence-corrected chi connectivity index (χ0v) is 9.40. The minimum atomic E-state index is -0.232. The van der Waals surface area contributed by atoms with Crippen molar-refractivity contribution in [2.75, 3.05) is 0 Å². The lowest BCUT2D eigenvalue weighted by Gasteiger charge is -2.03. The third-order valence-corrected chi connectivity index (χ3v) is 2.36. The van der Waals surface area contributed by atoms with Crippen LogP contribution in [0.3, 0.4) is 0 Å². The van der Waals surface area contributed by atoms with Gasteiger partial charge in [-0.3, -0.25) is 9.78 Å². The molecule has 0 aliphatic rings. The van der Waals surface area contributed by atoms with E-state index in [1.54, 1.807) is 0 Å². The van der Waals surface area contributed by atoms with Crippen LogP contribution in [0, 0.1) is 5.41 Å². The number of nitrogens with one attached hydrogen (secondary N) is 2. The molecule has 4 nitrogen and oxygen atoms in total. The summed E-state index contributed by atoms with van der Waals surface area (Å²) < 4.78 is 0. The molecule has 82 valence electrons. The monoisotopic (exact) mass is 227 g/mol. The van der Waals surface area contributed by atoms with E-state index in [1.807, 2.05) is 0 Å². The van der Waals surface area contributed by atoms with Crippen molar-refractivity contribution in [3.05, 3.63) is 26.9 Å². The Balaban J connectivity index is 2.94. The van der Waals surface area contributed by atoms with E-state index in [1.165, 1.54) is 0 Å². The van der Waals surface area contributed by atoms with Crippen LogP contribution in [0.15, 0.2) is 4.79 Å². The Morgan fingerprint density at radius 3 is 2.87 bits per heavy atom. The Labute approximate surface area is 93.2 Å². The SMILES string of the molecule is CCCCCc1c(C=N)nc(Cl)[nH]c1=O. The van der Waals surface area contributed by atoms with Gasteiger partial charge in [-0.25, -0.2) is 4.98 Å². The lowest BCUT2D eigenvalue weighted by atomic mass is 10.1. The summed E-state index contributed by atoms with van der Waals surface area (Å²) in [4.78, 5) is 17.9. The maximum Gasteiger partial charge on any atom is 0.255 e. The van der Waals surface area contributed by atoms with Crippen LogP contribution in [0.1, 0.15) is 37.4 Å². The van der Waals surface area contributed by atoms with Crippen molar-refractivity contribution in [2.45, 2.75) is 32.6 Å². The van der Waals surface area contributed by atoms with Crippen molar-refractivity contribution in [1.29, 1.82) is 5.41 Å². The number of halogens is 1. The topological polar surface area (TPSA) is 69.6 Å². The van der Waals surface area contributed by atoms with Crippen molar-refractivity contribution in [3.8, 4) is 0 Å². The number of nitrogens with zero attached hydrogens (tertiary/aromatic N) is 1. The molecule has 1 aromatic heterocycles. The van der Waals surface area contributed by atoms with Crippen LogP contribution >= 0.6 is 11.6 Å².